The molecule has 0 unspecified atom stereocenters. The molecule has 0 saturated carbocycles. The van der Waals surface area contributed by atoms with Gasteiger partial charge in [0.2, 0.25) is 0 Å². The van der Waals surface area contributed by atoms with Crippen LogP contribution in [0.2, 0.25) is 5.02 Å². The number of rotatable bonds is 7. The Morgan fingerprint density at radius 2 is 1.75 bits per heavy atom. The maximum atomic E-state index is 13.0. The second-order valence-corrected chi connectivity index (χ2v) is 10.3. The van der Waals surface area contributed by atoms with Crippen molar-refractivity contribution in [3.63, 3.8) is 0 Å². The van der Waals surface area contributed by atoms with Crippen LogP contribution in [0.15, 0.2) is 53.7 Å². The van der Waals surface area contributed by atoms with Crippen LogP contribution in [0.3, 0.4) is 0 Å². The summed E-state index contributed by atoms with van der Waals surface area (Å²) in [4.78, 5) is 8.24. The maximum absolute atomic E-state index is 13.0. The Morgan fingerprint density at radius 1 is 1.06 bits per heavy atom. The van der Waals surface area contributed by atoms with E-state index < -0.39 is 10.0 Å². The van der Waals surface area contributed by atoms with Crippen LogP contribution in [0, 0.1) is 0 Å². The maximum Gasteiger partial charge on any atom is 0.263 e. The van der Waals surface area contributed by atoms with Crippen molar-refractivity contribution in [1.29, 1.82) is 0 Å². The molecule has 170 valence electrons. The number of anilines is 1. The molecule has 1 heterocycles. The summed E-state index contributed by atoms with van der Waals surface area (Å²) in [5.41, 5.74) is 1.20. The van der Waals surface area contributed by atoms with Crippen LogP contribution in [0.5, 0.6) is 17.2 Å². The van der Waals surface area contributed by atoms with Crippen LogP contribution in [-0.4, -0.2) is 25.5 Å². The van der Waals surface area contributed by atoms with Gasteiger partial charge in [-0.25, -0.2) is 18.4 Å². The highest BCUT2D eigenvalue weighted by molar-refractivity contribution is 7.92. The van der Waals surface area contributed by atoms with Gasteiger partial charge in [-0.3, -0.25) is 4.72 Å². The molecule has 0 saturated heterocycles. The number of halogens is 2. The van der Waals surface area contributed by atoms with Crippen molar-refractivity contribution in [2.75, 3.05) is 11.8 Å². The molecule has 3 aromatic rings. The van der Waals surface area contributed by atoms with Crippen molar-refractivity contribution in [2.45, 2.75) is 37.0 Å². The monoisotopic (exact) mass is 495 g/mol. The van der Waals surface area contributed by atoms with Crippen molar-refractivity contribution in [1.82, 2.24) is 9.97 Å². The van der Waals surface area contributed by atoms with Crippen molar-refractivity contribution in [2.24, 2.45) is 0 Å². The summed E-state index contributed by atoms with van der Waals surface area (Å²) in [5, 5.41) is 0.293. The number of hydrogen-bond donors (Lipinski definition) is 1. The van der Waals surface area contributed by atoms with Crippen LogP contribution < -0.4 is 14.2 Å². The summed E-state index contributed by atoms with van der Waals surface area (Å²) in [5.74, 6) is 0.702. The lowest BCUT2D eigenvalue weighted by molar-refractivity contribution is 0.408. The number of hydrogen-bond acceptors (Lipinski definition) is 6. The van der Waals surface area contributed by atoms with Crippen molar-refractivity contribution >= 4 is 39.0 Å². The number of benzene rings is 2. The summed E-state index contributed by atoms with van der Waals surface area (Å²) in [6.45, 7) is 6.16. The predicted octanol–water partition coefficient (Wildman–Crippen LogP) is 5.77. The largest absolute Gasteiger partial charge is 0.497 e. The molecule has 0 bridgehead atoms. The fourth-order valence-electron chi connectivity index (χ4n) is 2.80. The Morgan fingerprint density at radius 3 is 2.34 bits per heavy atom. The zero-order valence-electron chi connectivity index (χ0n) is 18.0. The molecular formula is C22H23Cl2N3O4S. The van der Waals surface area contributed by atoms with Crippen LogP contribution >= 0.6 is 23.2 Å². The zero-order chi connectivity index (χ0) is 23.5. The van der Waals surface area contributed by atoms with Gasteiger partial charge in [0.15, 0.2) is 11.6 Å². The van der Waals surface area contributed by atoms with Gasteiger partial charge in [0.1, 0.15) is 23.5 Å². The molecule has 0 aliphatic heterocycles. The number of sulfonamides is 1. The van der Waals surface area contributed by atoms with Crippen molar-refractivity contribution < 1.29 is 17.9 Å². The van der Waals surface area contributed by atoms with Crippen LogP contribution in [-0.2, 0) is 21.3 Å². The molecule has 10 heteroatoms. The first-order valence-electron chi connectivity index (χ1n) is 9.60. The van der Waals surface area contributed by atoms with E-state index in [0.29, 0.717) is 16.5 Å². The van der Waals surface area contributed by atoms with E-state index in [-0.39, 0.29) is 33.5 Å². The van der Waals surface area contributed by atoms with Gasteiger partial charge in [0.05, 0.1) is 22.9 Å². The first-order valence-corrected chi connectivity index (χ1v) is 12.0. The van der Waals surface area contributed by atoms with Gasteiger partial charge in [0.25, 0.3) is 10.0 Å². The second-order valence-electron chi connectivity index (χ2n) is 7.91. The Kier molecular flexibility index (Phi) is 7.17. The number of alkyl halides is 1. The van der Waals surface area contributed by atoms with Gasteiger partial charge in [-0.1, -0.05) is 44.5 Å². The molecule has 0 radical (unpaired) electrons. The average Bonchev–Trinajstić information content (AvgIpc) is 2.75. The quantitative estimate of drug-likeness (QED) is 0.418. The third kappa shape index (κ3) is 5.43. The van der Waals surface area contributed by atoms with Crippen LogP contribution in [0.4, 0.5) is 5.82 Å². The smallest absolute Gasteiger partial charge is 0.263 e. The molecule has 3 rings (SSSR count). The minimum atomic E-state index is -3.96. The summed E-state index contributed by atoms with van der Waals surface area (Å²) >= 11 is 12.3. The fraction of sp³-hybridized carbons (Fsp3) is 0.273. The van der Waals surface area contributed by atoms with E-state index in [1.165, 1.54) is 13.4 Å². The molecule has 0 aliphatic carbocycles. The zero-order valence-corrected chi connectivity index (χ0v) is 20.3. The van der Waals surface area contributed by atoms with Crippen LogP contribution in [0.1, 0.15) is 32.0 Å². The van der Waals surface area contributed by atoms with E-state index in [4.69, 9.17) is 32.7 Å². The third-order valence-electron chi connectivity index (χ3n) is 4.62. The highest BCUT2D eigenvalue weighted by atomic mass is 35.5. The minimum Gasteiger partial charge on any atom is -0.497 e. The van der Waals surface area contributed by atoms with Gasteiger partial charge in [0, 0.05) is 6.07 Å². The number of ether oxygens (including phenoxy) is 2. The Balaban J connectivity index is 1.98. The van der Waals surface area contributed by atoms with Gasteiger partial charge in [-0.2, -0.15) is 0 Å². The first-order chi connectivity index (χ1) is 15.0. The van der Waals surface area contributed by atoms with Gasteiger partial charge < -0.3 is 9.47 Å². The lowest BCUT2D eigenvalue weighted by atomic mass is 9.87. The number of aromatic nitrogens is 2. The van der Waals surface area contributed by atoms with Gasteiger partial charge >= 0.3 is 0 Å². The lowest BCUT2D eigenvalue weighted by Gasteiger charge is -2.19. The molecule has 32 heavy (non-hydrogen) atoms. The number of methoxy groups -OCH3 is 1. The second kappa shape index (κ2) is 9.52. The lowest BCUT2D eigenvalue weighted by Crippen LogP contribution is -2.16. The Hall–Kier alpha value is -2.55. The SMILES string of the molecule is COc1ccc(Cl)c(Oc2c(CCl)ncnc2NS(=O)(=O)c2ccc(C(C)(C)C)cc2)c1. The molecule has 0 amide bonds. The van der Waals surface area contributed by atoms with E-state index in [0.717, 1.165) is 5.56 Å². The minimum absolute atomic E-state index is 0.0333. The summed E-state index contributed by atoms with van der Waals surface area (Å²) in [7, 11) is -2.45. The molecule has 1 aromatic heterocycles. The highest BCUT2D eigenvalue weighted by Crippen LogP contribution is 2.38. The summed E-state index contributed by atoms with van der Waals surface area (Å²) in [6.07, 6.45) is 1.21. The first kappa shape index (κ1) is 24.1. The molecule has 2 aromatic carbocycles. The van der Waals surface area contributed by atoms with E-state index in [1.54, 1.807) is 42.5 Å². The standard InChI is InChI=1S/C22H23Cl2N3O4S/c1-22(2,3)14-5-8-16(9-6-14)32(28,29)27-21-20(18(12-23)25-13-26-21)31-19-11-15(30-4)7-10-17(19)24/h5-11,13H,12H2,1-4H3,(H,25,26,27). The van der Waals surface area contributed by atoms with Gasteiger partial charge in [-0.05, 0) is 35.2 Å². The molecule has 7 nitrogen and oxygen atoms in total. The molecule has 1 N–H and O–H groups in total. The predicted molar refractivity (Wildman–Crippen MR) is 126 cm³/mol. The molecule has 0 aliphatic rings. The number of nitrogens with zero attached hydrogens (tertiary/aromatic N) is 2. The number of nitrogens with one attached hydrogen (secondary N) is 1. The van der Waals surface area contributed by atoms with E-state index in [1.807, 2.05) is 0 Å². The average molecular weight is 496 g/mol. The molecular weight excluding hydrogens is 473 g/mol. The fourth-order valence-corrected chi connectivity index (χ4v) is 4.16. The highest BCUT2D eigenvalue weighted by Gasteiger charge is 2.22. The molecule has 0 atom stereocenters. The topological polar surface area (TPSA) is 90.4 Å². The molecule has 0 fully saturated rings. The van der Waals surface area contributed by atoms with Crippen LogP contribution in [0.25, 0.3) is 0 Å². The van der Waals surface area contributed by atoms with E-state index in [9.17, 15) is 8.42 Å². The Labute approximate surface area is 197 Å². The van der Waals surface area contributed by atoms with Crippen molar-refractivity contribution in [3.8, 4) is 17.2 Å². The third-order valence-corrected chi connectivity index (χ3v) is 6.54. The summed E-state index contributed by atoms with van der Waals surface area (Å²) in [6, 6.07) is 11.5. The Bertz CT molecular complexity index is 1210. The molecule has 0 spiro atoms. The van der Waals surface area contributed by atoms with E-state index >= 15 is 0 Å². The van der Waals surface area contributed by atoms with Gasteiger partial charge in [-0.15, -0.1) is 11.6 Å². The normalized spacial score (nSPS) is 11.8. The van der Waals surface area contributed by atoms with E-state index in [2.05, 4.69) is 35.5 Å². The summed E-state index contributed by atoms with van der Waals surface area (Å²) < 4.78 is 39.6. The van der Waals surface area contributed by atoms with Crippen molar-refractivity contribution in [3.05, 3.63) is 65.1 Å².